The van der Waals surface area contributed by atoms with Crippen LogP contribution in [0.15, 0.2) is 36.4 Å². The Morgan fingerprint density at radius 3 is 2.48 bits per heavy atom. The van der Waals surface area contributed by atoms with Gasteiger partial charge in [0.05, 0.1) is 5.00 Å². The van der Waals surface area contributed by atoms with E-state index in [4.69, 9.17) is 9.84 Å². The summed E-state index contributed by atoms with van der Waals surface area (Å²) in [5.74, 6) is -0.708. The van der Waals surface area contributed by atoms with Crippen molar-refractivity contribution >= 4 is 28.2 Å². The summed E-state index contributed by atoms with van der Waals surface area (Å²) in [5.41, 5.74) is 1.20. The molecule has 1 amide bonds. The van der Waals surface area contributed by atoms with Crippen molar-refractivity contribution in [3.05, 3.63) is 46.8 Å². The number of aromatic carboxylic acids is 1. The van der Waals surface area contributed by atoms with Crippen LogP contribution in [0.4, 0.5) is 5.00 Å². The fourth-order valence-electron chi connectivity index (χ4n) is 1.66. The van der Waals surface area contributed by atoms with Crippen LogP contribution in [0.2, 0.25) is 0 Å². The van der Waals surface area contributed by atoms with E-state index in [0.717, 1.165) is 17.8 Å². The van der Waals surface area contributed by atoms with Crippen molar-refractivity contribution in [1.29, 1.82) is 0 Å². The second-order valence-corrected chi connectivity index (χ2v) is 5.39. The van der Waals surface area contributed by atoms with E-state index in [1.807, 2.05) is 24.3 Å². The Kier molecular flexibility index (Phi) is 4.94. The van der Waals surface area contributed by atoms with E-state index < -0.39 is 5.97 Å². The molecule has 0 fully saturated rings. The fourth-order valence-corrected chi connectivity index (χ4v) is 2.43. The molecule has 2 aromatic rings. The van der Waals surface area contributed by atoms with Gasteiger partial charge in [0.15, 0.2) is 6.61 Å². The smallest absolute Gasteiger partial charge is 0.345 e. The molecule has 0 atom stereocenters. The third-order valence-corrected chi connectivity index (χ3v) is 3.77. The Morgan fingerprint density at radius 1 is 1.19 bits per heavy atom. The van der Waals surface area contributed by atoms with Gasteiger partial charge >= 0.3 is 5.97 Å². The van der Waals surface area contributed by atoms with Crippen LogP contribution in [0.25, 0.3) is 0 Å². The number of nitrogens with one attached hydrogen (secondary N) is 1. The molecule has 110 valence electrons. The third kappa shape index (κ3) is 4.32. The first-order valence-electron chi connectivity index (χ1n) is 6.43. The van der Waals surface area contributed by atoms with Gasteiger partial charge in [-0.3, -0.25) is 4.79 Å². The fraction of sp³-hybridized carbons (Fsp3) is 0.200. The van der Waals surface area contributed by atoms with Crippen LogP contribution < -0.4 is 10.1 Å². The Labute approximate surface area is 126 Å². The maximum atomic E-state index is 11.7. The lowest BCUT2D eigenvalue weighted by atomic mass is 10.2. The predicted octanol–water partition coefficient (Wildman–Crippen LogP) is 3.03. The van der Waals surface area contributed by atoms with Gasteiger partial charge in [-0.1, -0.05) is 19.1 Å². The number of carbonyl (C=O) groups excluding carboxylic acids is 1. The lowest BCUT2D eigenvalue weighted by Crippen LogP contribution is -2.19. The van der Waals surface area contributed by atoms with E-state index in [1.165, 1.54) is 11.6 Å². The van der Waals surface area contributed by atoms with E-state index in [-0.39, 0.29) is 17.4 Å². The van der Waals surface area contributed by atoms with Crippen LogP contribution in [0.5, 0.6) is 5.75 Å². The zero-order chi connectivity index (χ0) is 15.2. The summed E-state index contributed by atoms with van der Waals surface area (Å²) >= 11 is 1.01. The van der Waals surface area contributed by atoms with Crippen molar-refractivity contribution in [2.24, 2.45) is 0 Å². The number of benzene rings is 1. The van der Waals surface area contributed by atoms with Crippen molar-refractivity contribution < 1.29 is 19.4 Å². The lowest BCUT2D eigenvalue weighted by molar-refractivity contribution is -0.118. The molecule has 0 aliphatic rings. The summed E-state index contributed by atoms with van der Waals surface area (Å²) in [7, 11) is 0. The minimum Gasteiger partial charge on any atom is -0.484 e. The zero-order valence-corrected chi connectivity index (χ0v) is 12.3. The Balaban J connectivity index is 1.84. The summed E-state index contributed by atoms with van der Waals surface area (Å²) in [4.78, 5) is 22.6. The number of hydrogen-bond acceptors (Lipinski definition) is 4. The van der Waals surface area contributed by atoms with Gasteiger partial charge in [-0.05, 0) is 36.2 Å². The highest BCUT2D eigenvalue weighted by Crippen LogP contribution is 2.21. The number of anilines is 1. The molecule has 2 N–H and O–H groups in total. The summed E-state index contributed by atoms with van der Waals surface area (Å²) in [6.45, 7) is 1.95. The molecule has 21 heavy (non-hydrogen) atoms. The average molecular weight is 305 g/mol. The van der Waals surface area contributed by atoms with Gasteiger partial charge in [0.2, 0.25) is 0 Å². The molecule has 0 bridgehead atoms. The topological polar surface area (TPSA) is 75.6 Å². The molecule has 0 radical (unpaired) electrons. The number of carboxylic acid groups (broad SMARTS) is 1. The third-order valence-electron chi connectivity index (χ3n) is 2.78. The van der Waals surface area contributed by atoms with Crippen molar-refractivity contribution in [3.63, 3.8) is 0 Å². The van der Waals surface area contributed by atoms with Crippen LogP contribution in [-0.4, -0.2) is 23.6 Å². The Morgan fingerprint density at radius 2 is 1.90 bits per heavy atom. The number of aryl methyl sites for hydroxylation is 1. The Hall–Kier alpha value is -2.34. The average Bonchev–Trinajstić information content (AvgIpc) is 2.94. The van der Waals surface area contributed by atoms with Crippen molar-refractivity contribution in [1.82, 2.24) is 0 Å². The van der Waals surface area contributed by atoms with Crippen molar-refractivity contribution in [2.75, 3.05) is 11.9 Å². The monoisotopic (exact) mass is 305 g/mol. The molecule has 6 heteroatoms. The first-order chi connectivity index (χ1) is 10.1. The molecule has 2 rings (SSSR count). The van der Waals surface area contributed by atoms with Gasteiger partial charge in [-0.15, -0.1) is 11.3 Å². The second-order valence-electron chi connectivity index (χ2n) is 4.30. The lowest BCUT2D eigenvalue weighted by Gasteiger charge is -2.06. The zero-order valence-electron chi connectivity index (χ0n) is 11.5. The van der Waals surface area contributed by atoms with Gasteiger partial charge in [-0.25, -0.2) is 4.79 Å². The number of carboxylic acids is 1. The predicted molar refractivity (Wildman–Crippen MR) is 81.2 cm³/mol. The summed E-state index contributed by atoms with van der Waals surface area (Å²) in [5, 5.41) is 11.9. The standard InChI is InChI=1S/C15H15NO4S/c1-2-10-3-5-11(6-4-10)20-9-13(17)16-14-8-7-12(21-14)15(18)19/h3-8H,2,9H2,1H3,(H,16,17)(H,18,19). The minimum absolute atomic E-state index is 0.119. The van der Waals surface area contributed by atoms with Gasteiger partial charge in [-0.2, -0.15) is 0 Å². The first kappa shape index (κ1) is 15.1. The molecular formula is C15H15NO4S. The van der Waals surface area contributed by atoms with Crippen LogP contribution in [0.1, 0.15) is 22.2 Å². The Bertz CT molecular complexity index is 633. The molecule has 0 unspecified atom stereocenters. The molecule has 0 aliphatic heterocycles. The van der Waals surface area contributed by atoms with Crippen molar-refractivity contribution in [2.45, 2.75) is 13.3 Å². The molecule has 0 aliphatic carbocycles. The van der Waals surface area contributed by atoms with E-state index in [2.05, 4.69) is 12.2 Å². The van der Waals surface area contributed by atoms with Crippen LogP contribution in [-0.2, 0) is 11.2 Å². The number of ether oxygens (including phenoxy) is 1. The largest absolute Gasteiger partial charge is 0.484 e. The molecule has 1 aromatic heterocycles. The van der Waals surface area contributed by atoms with Crippen LogP contribution in [0.3, 0.4) is 0 Å². The number of hydrogen-bond donors (Lipinski definition) is 2. The van der Waals surface area contributed by atoms with Crippen LogP contribution >= 0.6 is 11.3 Å². The number of amides is 1. The van der Waals surface area contributed by atoms with Crippen molar-refractivity contribution in [3.8, 4) is 5.75 Å². The normalized spacial score (nSPS) is 10.1. The van der Waals surface area contributed by atoms with Gasteiger partial charge in [0.1, 0.15) is 10.6 Å². The summed E-state index contributed by atoms with van der Waals surface area (Å²) in [6.07, 6.45) is 0.949. The minimum atomic E-state index is -1.01. The molecule has 0 spiro atoms. The van der Waals surface area contributed by atoms with E-state index in [1.54, 1.807) is 6.07 Å². The summed E-state index contributed by atoms with van der Waals surface area (Å²) < 4.78 is 5.37. The van der Waals surface area contributed by atoms with Gasteiger partial charge in [0.25, 0.3) is 5.91 Å². The maximum Gasteiger partial charge on any atom is 0.345 e. The highest BCUT2D eigenvalue weighted by molar-refractivity contribution is 7.18. The highest BCUT2D eigenvalue weighted by atomic mass is 32.1. The number of rotatable bonds is 6. The van der Waals surface area contributed by atoms with E-state index in [0.29, 0.717) is 10.8 Å². The molecule has 5 nitrogen and oxygen atoms in total. The molecule has 0 saturated heterocycles. The number of carbonyl (C=O) groups is 2. The molecule has 1 aromatic carbocycles. The van der Waals surface area contributed by atoms with Gasteiger partial charge in [0, 0.05) is 0 Å². The molecule has 0 saturated carbocycles. The SMILES string of the molecule is CCc1ccc(OCC(=O)Nc2ccc(C(=O)O)s2)cc1. The molecule has 1 heterocycles. The summed E-state index contributed by atoms with van der Waals surface area (Å²) in [6, 6.07) is 10.5. The quantitative estimate of drug-likeness (QED) is 0.860. The van der Waals surface area contributed by atoms with E-state index in [9.17, 15) is 9.59 Å². The van der Waals surface area contributed by atoms with Gasteiger partial charge < -0.3 is 15.2 Å². The highest BCUT2D eigenvalue weighted by Gasteiger charge is 2.09. The number of thiophene rings is 1. The molecular weight excluding hydrogens is 290 g/mol. The first-order valence-corrected chi connectivity index (χ1v) is 7.25. The maximum absolute atomic E-state index is 11.7. The van der Waals surface area contributed by atoms with E-state index >= 15 is 0 Å². The van der Waals surface area contributed by atoms with Crippen LogP contribution in [0, 0.1) is 0 Å². The second kappa shape index (κ2) is 6.90.